The average Bonchev–Trinajstić information content (AvgIpc) is 2.49. The summed E-state index contributed by atoms with van der Waals surface area (Å²) in [5.74, 6) is 0. The van der Waals surface area contributed by atoms with E-state index in [2.05, 4.69) is 22.3 Å². The largest absolute Gasteiger partial charge is 0.465 e. The van der Waals surface area contributed by atoms with Gasteiger partial charge < -0.3 is 15.5 Å². The van der Waals surface area contributed by atoms with Crippen LogP contribution < -0.4 is 5.32 Å². The molecule has 1 amide bonds. The third-order valence-corrected chi connectivity index (χ3v) is 4.96. The summed E-state index contributed by atoms with van der Waals surface area (Å²) < 4.78 is 0. The van der Waals surface area contributed by atoms with E-state index in [1.165, 1.54) is 5.56 Å². The number of piperidine rings is 1. The molecule has 1 fully saturated rings. The van der Waals surface area contributed by atoms with Gasteiger partial charge in [-0.05, 0) is 30.2 Å². The van der Waals surface area contributed by atoms with Gasteiger partial charge in [0.15, 0.2) is 0 Å². The number of hydrogen-bond donors (Lipinski definition) is 3. The number of amides is 1. The third kappa shape index (κ3) is 5.49. The number of carboxylic acid groups (broad SMARTS) is 1. The first-order chi connectivity index (χ1) is 11.2. The lowest BCUT2D eigenvalue weighted by molar-refractivity contribution is -0.0438. The van der Waals surface area contributed by atoms with E-state index >= 15 is 0 Å². The van der Waals surface area contributed by atoms with Crippen LogP contribution in [0.4, 0.5) is 4.79 Å². The van der Waals surface area contributed by atoms with Gasteiger partial charge in [-0.15, -0.1) is 0 Å². The minimum absolute atomic E-state index is 0.227. The smallest absolute Gasteiger partial charge is 0.404 e. The monoisotopic (exact) mass is 334 g/mol. The average molecular weight is 334 g/mol. The predicted octanol–water partition coefficient (Wildman–Crippen LogP) is 3.09. The van der Waals surface area contributed by atoms with Gasteiger partial charge in [-0.1, -0.05) is 51.1 Å². The van der Waals surface area contributed by atoms with Crippen LogP contribution in [0.25, 0.3) is 0 Å². The van der Waals surface area contributed by atoms with Crippen LogP contribution in [0.5, 0.6) is 0 Å². The minimum atomic E-state index is -1.03. The number of aliphatic hydroxyl groups is 1. The van der Waals surface area contributed by atoms with Crippen molar-refractivity contribution in [1.29, 1.82) is 0 Å². The van der Waals surface area contributed by atoms with E-state index in [1.807, 2.05) is 39.0 Å². The van der Waals surface area contributed by atoms with Crippen molar-refractivity contribution < 1.29 is 15.0 Å². The highest BCUT2D eigenvalue weighted by Gasteiger charge is 2.38. The quantitative estimate of drug-likeness (QED) is 0.774. The van der Waals surface area contributed by atoms with Crippen LogP contribution >= 0.6 is 0 Å². The van der Waals surface area contributed by atoms with Gasteiger partial charge in [-0.2, -0.15) is 0 Å². The van der Waals surface area contributed by atoms with Crippen LogP contribution in [0.15, 0.2) is 30.3 Å². The first kappa shape index (κ1) is 18.7. The molecule has 0 spiro atoms. The second-order valence-corrected chi connectivity index (χ2v) is 8.06. The molecule has 24 heavy (non-hydrogen) atoms. The molecular weight excluding hydrogens is 304 g/mol. The van der Waals surface area contributed by atoms with E-state index in [4.69, 9.17) is 5.11 Å². The third-order valence-electron chi connectivity index (χ3n) is 4.96. The highest BCUT2D eigenvalue weighted by atomic mass is 16.4. The number of nitrogens with zero attached hydrogens (tertiary/aromatic N) is 1. The first-order valence-electron chi connectivity index (χ1n) is 8.66. The molecular formula is C19H30N2O3. The molecule has 0 aromatic heterocycles. The van der Waals surface area contributed by atoms with Gasteiger partial charge in [0.25, 0.3) is 0 Å². The Bertz CT molecular complexity index is 531. The summed E-state index contributed by atoms with van der Waals surface area (Å²) >= 11 is 0. The fourth-order valence-electron chi connectivity index (χ4n) is 3.28. The standard InChI is InChI=1S/C19H30N2O3/c1-18(2,3)16(20-17(22)23)13-19(24)9-11-21(12-10-19)14-15-7-5-4-6-8-15/h4-8,16,20,24H,9-14H2,1-3H3,(H,22,23). The van der Waals surface area contributed by atoms with E-state index in [0.29, 0.717) is 19.3 Å². The second kappa shape index (κ2) is 7.53. The van der Waals surface area contributed by atoms with Crippen molar-refractivity contribution in [1.82, 2.24) is 10.2 Å². The lowest BCUT2D eigenvalue weighted by Crippen LogP contribution is -2.52. The predicted molar refractivity (Wildman–Crippen MR) is 94.9 cm³/mol. The van der Waals surface area contributed by atoms with Gasteiger partial charge in [0.05, 0.1) is 5.60 Å². The van der Waals surface area contributed by atoms with E-state index in [0.717, 1.165) is 19.6 Å². The van der Waals surface area contributed by atoms with Crippen LogP contribution in [0.2, 0.25) is 0 Å². The second-order valence-electron chi connectivity index (χ2n) is 8.06. The highest BCUT2D eigenvalue weighted by molar-refractivity contribution is 5.65. The van der Waals surface area contributed by atoms with Crippen molar-refractivity contribution in [3.8, 4) is 0 Å². The summed E-state index contributed by atoms with van der Waals surface area (Å²) in [5, 5.41) is 22.6. The number of likely N-dealkylation sites (tertiary alicyclic amines) is 1. The Kier molecular flexibility index (Phi) is 5.88. The topological polar surface area (TPSA) is 72.8 Å². The van der Waals surface area contributed by atoms with Crippen molar-refractivity contribution in [2.45, 2.75) is 58.2 Å². The van der Waals surface area contributed by atoms with Gasteiger partial charge in [0, 0.05) is 25.7 Å². The molecule has 1 aliphatic heterocycles. The molecule has 3 N–H and O–H groups in total. The van der Waals surface area contributed by atoms with Gasteiger partial charge >= 0.3 is 6.09 Å². The van der Waals surface area contributed by atoms with E-state index < -0.39 is 11.7 Å². The Labute approximate surface area is 144 Å². The van der Waals surface area contributed by atoms with Crippen molar-refractivity contribution in [2.24, 2.45) is 5.41 Å². The Balaban J connectivity index is 1.92. The van der Waals surface area contributed by atoms with Crippen LogP contribution in [0.1, 0.15) is 45.6 Å². The van der Waals surface area contributed by atoms with Gasteiger partial charge in [-0.25, -0.2) is 4.79 Å². The van der Waals surface area contributed by atoms with Crippen molar-refractivity contribution in [3.63, 3.8) is 0 Å². The Hall–Kier alpha value is -1.59. The summed E-state index contributed by atoms with van der Waals surface area (Å²) in [7, 11) is 0. The molecule has 1 atom stereocenters. The van der Waals surface area contributed by atoms with Gasteiger partial charge in [0.1, 0.15) is 0 Å². The van der Waals surface area contributed by atoms with E-state index in [-0.39, 0.29) is 11.5 Å². The molecule has 1 aliphatic rings. The molecule has 1 heterocycles. The molecule has 1 unspecified atom stereocenters. The number of nitrogens with one attached hydrogen (secondary N) is 1. The summed E-state index contributed by atoms with van der Waals surface area (Å²) in [6.45, 7) is 8.56. The molecule has 0 bridgehead atoms. The number of rotatable bonds is 5. The summed E-state index contributed by atoms with van der Waals surface area (Å²) in [4.78, 5) is 13.4. The van der Waals surface area contributed by atoms with E-state index in [1.54, 1.807) is 0 Å². The zero-order chi connectivity index (χ0) is 17.8. The Morgan fingerprint density at radius 3 is 2.33 bits per heavy atom. The molecule has 5 heteroatoms. The van der Waals surface area contributed by atoms with E-state index in [9.17, 15) is 9.90 Å². The molecule has 2 rings (SSSR count). The number of hydrogen-bond acceptors (Lipinski definition) is 3. The molecule has 134 valence electrons. The zero-order valence-electron chi connectivity index (χ0n) is 15.0. The Morgan fingerprint density at radius 1 is 1.25 bits per heavy atom. The van der Waals surface area contributed by atoms with Crippen molar-refractivity contribution >= 4 is 6.09 Å². The maximum absolute atomic E-state index is 11.1. The van der Waals surface area contributed by atoms with Crippen LogP contribution in [-0.4, -0.2) is 45.9 Å². The lowest BCUT2D eigenvalue weighted by atomic mass is 9.76. The molecule has 1 aromatic carbocycles. The first-order valence-corrected chi connectivity index (χ1v) is 8.66. The van der Waals surface area contributed by atoms with Crippen LogP contribution in [0, 0.1) is 5.41 Å². The zero-order valence-corrected chi connectivity index (χ0v) is 15.0. The molecule has 5 nitrogen and oxygen atoms in total. The minimum Gasteiger partial charge on any atom is -0.465 e. The lowest BCUT2D eigenvalue weighted by Gasteiger charge is -2.42. The highest BCUT2D eigenvalue weighted by Crippen LogP contribution is 2.33. The summed E-state index contributed by atoms with van der Waals surface area (Å²) in [6, 6.07) is 10.1. The van der Waals surface area contributed by atoms with Gasteiger partial charge in [-0.3, -0.25) is 4.90 Å². The molecule has 1 aromatic rings. The molecule has 0 saturated carbocycles. The number of carbonyl (C=O) groups is 1. The maximum atomic E-state index is 11.1. The SMILES string of the molecule is CC(C)(C)C(CC1(O)CCN(Cc2ccccc2)CC1)NC(=O)O. The van der Waals surface area contributed by atoms with Crippen LogP contribution in [0.3, 0.4) is 0 Å². The molecule has 1 saturated heterocycles. The van der Waals surface area contributed by atoms with Crippen molar-refractivity contribution in [2.75, 3.05) is 13.1 Å². The summed E-state index contributed by atoms with van der Waals surface area (Å²) in [5.41, 5.74) is 0.256. The molecule has 0 aliphatic carbocycles. The van der Waals surface area contributed by atoms with Crippen LogP contribution in [-0.2, 0) is 6.54 Å². The summed E-state index contributed by atoms with van der Waals surface area (Å²) in [6.07, 6.45) is 0.781. The Morgan fingerprint density at radius 2 is 1.83 bits per heavy atom. The fraction of sp³-hybridized carbons (Fsp3) is 0.632. The molecule has 0 radical (unpaired) electrons. The number of benzene rings is 1. The maximum Gasteiger partial charge on any atom is 0.404 e. The van der Waals surface area contributed by atoms with Crippen molar-refractivity contribution in [3.05, 3.63) is 35.9 Å². The fourth-order valence-corrected chi connectivity index (χ4v) is 3.28. The normalized spacial score (nSPS) is 19.7. The van der Waals surface area contributed by atoms with Gasteiger partial charge in [0.2, 0.25) is 0 Å².